The highest BCUT2D eigenvalue weighted by Crippen LogP contribution is 2.26. The Morgan fingerprint density at radius 3 is 2.58 bits per heavy atom. The molecule has 0 atom stereocenters. The molecule has 2 aromatic heterocycles. The van der Waals surface area contributed by atoms with E-state index in [2.05, 4.69) is 31.0 Å². The lowest BCUT2D eigenvalue weighted by Gasteiger charge is -2.10. The summed E-state index contributed by atoms with van der Waals surface area (Å²) >= 11 is 0. The van der Waals surface area contributed by atoms with E-state index < -0.39 is 0 Å². The van der Waals surface area contributed by atoms with Gasteiger partial charge in [0.15, 0.2) is 0 Å². The molecule has 4 heteroatoms. The summed E-state index contributed by atoms with van der Waals surface area (Å²) in [4.78, 5) is 9.29. The third-order valence-corrected chi connectivity index (χ3v) is 4.04. The van der Waals surface area contributed by atoms with Gasteiger partial charge in [0.25, 0.3) is 0 Å². The molecule has 0 aliphatic rings. The van der Waals surface area contributed by atoms with E-state index in [9.17, 15) is 0 Å². The normalized spacial score (nSPS) is 11.0. The number of nitrogens with zero attached hydrogens (tertiary/aromatic N) is 2. The second-order valence-corrected chi connectivity index (χ2v) is 5.75. The first-order valence-electron chi connectivity index (χ1n) is 8.19. The first-order chi connectivity index (χ1) is 11.7. The van der Waals surface area contributed by atoms with Crippen molar-refractivity contribution >= 4 is 10.9 Å². The third kappa shape index (κ3) is 3.54. The Balaban J connectivity index is 1.93. The summed E-state index contributed by atoms with van der Waals surface area (Å²) in [6.07, 6.45) is 2.91. The summed E-state index contributed by atoms with van der Waals surface area (Å²) in [6, 6.07) is 12.2. The number of rotatable bonds is 6. The fourth-order valence-corrected chi connectivity index (χ4v) is 2.62. The maximum absolute atomic E-state index is 5.68. The van der Waals surface area contributed by atoms with Gasteiger partial charge in [0, 0.05) is 18.7 Å². The number of pyridine rings is 2. The molecule has 0 aliphatic heterocycles. The van der Waals surface area contributed by atoms with Gasteiger partial charge in [0.1, 0.15) is 12.4 Å². The van der Waals surface area contributed by atoms with E-state index in [1.165, 1.54) is 5.56 Å². The lowest BCUT2D eigenvalue weighted by atomic mass is 10.1. The van der Waals surface area contributed by atoms with Gasteiger partial charge >= 0.3 is 0 Å². The highest BCUT2D eigenvalue weighted by atomic mass is 16.5. The Bertz CT molecular complexity index is 829. The molecule has 0 bridgehead atoms. The van der Waals surface area contributed by atoms with E-state index in [1.54, 1.807) is 7.11 Å². The molecule has 0 N–H and O–H groups in total. The molecule has 24 heavy (non-hydrogen) atoms. The molecule has 0 saturated carbocycles. The van der Waals surface area contributed by atoms with Crippen LogP contribution in [-0.2, 0) is 11.2 Å². The molecule has 124 valence electrons. The van der Waals surface area contributed by atoms with E-state index in [4.69, 9.17) is 14.5 Å². The standard InChI is InChI=1S/C20H22N2O2/c1-4-15-5-7-19(21-13-15)20-11-14(2)17-12-16(24-10-9-23-3)6-8-18(17)22-20/h5-8,11-13H,4,9-10H2,1-3H3. The zero-order valence-electron chi connectivity index (χ0n) is 14.4. The van der Waals surface area contributed by atoms with Crippen LogP contribution in [0.1, 0.15) is 18.1 Å². The Hall–Kier alpha value is -2.46. The number of benzene rings is 1. The van der Waals surface area contributed by atoms with Gasteiger partial charge in [-0.3, -0.25) is 4.98 Å². The zero-order chi connectivity index (χ0) is 16.9. The summed E-state index contributed by atoms with van der Waals surface area (Å²) in [5.74, 6) is 0.836. The van der Waals surface area contributed by atoms with E-state index in [1.807, 2.05) is 30.5 Å². The predicted molar refractivity (Wildman–Crippen MR) is 96.5 cm³/mol. The molecule has 3 aromatic rings. The van der Waals surface area contributed by atoms with Crippen LogP contribution in [0, 0.1) is 6.92 Å². The number of ether oxygens (including phenoxy) is 2. The van der Waals surface area contributed by atoms with E-state index in [0.717, 1.165) is 40.0 Å². The molecular weight excluding hydrogens is 300 g/mol. The van der Waals surface area contributed by atoms with Crippen LogP contribution in [0.2, 0.25) is 0 Å². The minimum Gasteiger partial charge on any atom is -0.491 e. The van der Waals surface area contributed by atoms with Crippen LogP contribution < -0.4 is 4.74 Å². The average Bonchev–Trinajstić information content (AvgIpc) is 2.62. The average molecular weight is 322 g/mol. The SMILES string of the molecule is CCc1ccc(-c2cc(C)c3cc(OCCOC)ccc3n2)nc1. The first kappa shape index (κ1) is 16.4. The smallest absolute Gasteiger partial charge is 0.120 e. The van der Waals surface area contributed by atoms with Crippen LogP contribution in [0.15, 0.2) is 42.6 Å². The number of aryl methyl sites for hydroxylation is 2. The van der Waals surface area contributed by atoms with E-state index >= 15 is 0 Å². The fraction of sp³-hybridized carbons (Fsp3) is 0.300. The van der Waals surface area contributed by atoms with Crippen molar-refractivity contribution in [3.63, 3.8) is 0 Å². The lowest BCUT2D eigenvalue weighted by molar-refractivity contribution is 0.146. The fourth-order valence-electron chi connectivity index (χ4n) is 2.62. The molecule has 0 saturated heterocycles. The van der Waals surface area contributed by atoms with Crippen LogP contribution in [0.5, 0.6) is 5.75 Å². The summed E-state index contributed by atoms with van der Waals surface area (Å²) in [5.41, 5.74) is 5.14. The Morgan fingerprint density at radius 2 is 1.88 bits per heavy atom. The molecule has 2 heterocycles. The minimum absolute atomic E-state index is 0.542. The molecule has 0 fully saturated rings. The molecule has 0 spiro atoms. The Labute approximate surface area is 142 Å². The Morgan fingerprint density at radius 1 is 1.00 bits per heavy atom. The molecular formula is C20H22N2O2. The van der Waals surface area contributed by atoms with Gasteiger partial charge in [-0.2, -0.15) is 0 Å². The molecule has 1 aromatic carbocycles. The van der Waals surface area contributed by atoms with Crippen molar-refractivity contribution in [3.8, 4) is 17.1 Å². The quantitative estimate of drug-likeness (QED) is 0.638. The highest BCUT2D eigenvalue weighted by Gasteiger charge is 2.07. The van der Waals surface area contributed by atoms with Crippen LogP contribution in [0.4, 0.5) is 0 Å². The topological polar surface area (TPSA) is 44.2 Å². The molecule has 0 amide bonds. The lowest BCUT2D eigenvalue weighted by Crippen LogP contribution is -2.04. The number of hydrogen-bond donors (Lipinski definition) is 0. The number of aromatic nitrogens is 2. The van der Waals surface area contributed by atoms with Gasteiger partial charge in [-0.25, -0.2) is 4.98 Å². The van der Waals surface area contributed by atoms with Crippen LogP contribution in [0.25, 0.3) is 22.3 Å². The second-order valence-electron chi connectivity index (χ2n) is 5.75. The van der Waals surface area contributed by atoms with Crippen LogP contribution >= 0.6 is 0 Å². The van der Waals surface area contributed by atoms with Crippen LogP contribution in [0.3, 0.4) is 0 Å². The summed E-state index contributed by atoms with van der Waals surface area (Å²) in [6.45, 7) is 5.34. The van der Waals surface area contributed by atoms with Crippen molar-refractivity contribution in [2.75, 3.05) is 20.3 Å². The van der Waals surface area contributed by atoms with Gasteiger partial charge < -0.3 is 9.47 Å². The minimum atomic E-state index is 0.542. The summed E-state index contributed by atoms with van der Waals surface area (Å²) < 4.78 is 10.7. The van der Waals surface area contributed by atoms with Gasteiger partial charge in [-0.05, 0) is 54.8 Å². The largest absolute Gasteiger partial charge is 0.491 e. The van der Waals surface area contributed by atoms with Gasteiger partial charge in [0.05, 0.1) is 23.5 Å². The predicted octanol–water partition coefficient (Wildman–Crippen LogP) is 4.19. The van der Waals surface area contributed by atoms with Crippen molar-refractivity contribution in [2.45, 2.75) is 20.3 Å². The number of fused-ring (bicyclic) bond motifs is 1. The van der Waals surface area contributed by atoms with Gasteiger partial charge in [0.2, 0.25) is 0 Å². The molecule has 0 aliphatic carbocycles. The molecule has 0 radical (unpaired) electrons. The van der Waals surface area contributed by atoms with E-state index in [0.29, 0.717) is 13.2 Å². The zero-order valence-corrected chi connectivity index (χ0v) is 14.4. The third-order valence-electron chi connectivity index (χ3n) is 4.04. The molecule has 4 nitrogen and oxygen atoms in total. The molecule has 0 unspecified atom stereocenters. The maximum Gasteiger partial charge on any atom is 0.120 e. The van der Waals surface area contributed by atoms with Gasteiger partial charge in [-0.1, -0.05) is 13.0 Å². The highest BCUT2D eigenvalue weighted by molar-refractivity contribution is 5.85. The number of hydrogen-bond acceptors (Lipinski definition) is 4. The van der Waals surface area contributed by atoms with Gasteiger partial charge in [-0.15, -0.1) is 0 Å². The van der Waals surface area contributed by atoms with Crippen molar-refractivity contribution in [3.05, 3.63) is 53.7 Å². The summed E-state index contributed by atoms with van der Waals surface area (Å²) in [5, 5.41) is 1.10. The Kier molecular flexibility index (Phi) is 5.06. The van der Waals surface area contributed by atoms with Crippen molar-refractivity contribution in [2.24, 2.45) is 0 Å². The first-order valence-corrected chi connectivity index (χ1v) is 8.19. The van der Waals surface area contributed by atoms with Crippen molar-refractivity contribution in [1.29, 1.82) is 0 Å². The number of methoxy groups -OCH3 is 1. The van der Waals surface area contributed by atoms with E-state index in [-0.39, 0.29) is 0 Å². The monoisotopic (exact) mass is 322 g/mol. The summed E-state index contributed by atoms with van der Waals surface area (Å²) in [7, 11) is 1.67. The van der Waals surface area contributed by atoms with Crippen LogP contribution in [-0.4, -0.2) is 30.3 Å². The van der Waals surface area contributed by atoms with Crippen molar-refractivity contribution in [1.82, 2.24) is 9.97 Å². The second kappa shape index (κ2) is 7.41. The maximum atomic E-state index is 5.68. The van der Waals surface area contributed by atoms with Crippen molar-refractivity contribution < 1.29 is 9.47 Å². The molecule has 3 rings (SSSR count).